The largest absolute Gasteiger partial charge is 0.394 e. The standard InChI is InChI=1S/C17H26N2O2/c1-13(12-20)19(2)17(21)18-16(11-14-7-6-8-14)15-9-4-3-5-10-15/h3-5,9-10,13-14,16,20H,6-8,11-12H2,1-2H3,(H,18,21). The van der Waals surface area contributed by atoms with Crippen LogP contribution in [0.3, 0.4) is 0 Å². The number of carbonyl (C=O) groups excluding carboxylic acids is 1. The first-order chi connectivity index (χ1) is 10.1. The van der Waals surface area contributed by atoms with Crippen LogP contribution in [0.25, 0.3) is 0 Å². The van der Waals surface area contributed by atoms with Gasteiger partial charge in [-0.25, -0.2) is 4.79 Å². The smallest absolute Gasteiger partial charge is 0.317 e. The van der Waals surface area contributed by atoms with Crippen LogP contribution < -0.4 is 5.32 Å². The number of nitrogens with zero attached hydrogens (tertiary/aromatic N) is 1. The Bertz CT molecular complexity index is 445. The number of rotatable bonds is 6. The summed E-state index contributed by atoms with van der Waals surface area (Å²) >= 11 is 0. The van der Waals surface area contributed by atoms with E-state index in [1.807, 2.05) is 25.1 Å². The predicted octanol–water partition coefficient (Wildman–Crippen LogP) is 2.94. The highest BCUT2D eigenvalue weighted by molar-refractivity contribution is 5.74. The molecule has 1 aliphatic carbocycles. The molecule has 0 bridgehead atoms. The van der Waals surface area contributed by atoms with E-state index in [4.69, 9.17) is 0 Å². The van der Waals surface area contributed by atoms with Gasteiger partial charge in [-0.15, -0.1) is 0 Å². The Morgan fingerprint density at radius 3 is 2.57 bits per heavy atom. The summed E-state index contributed by atoms with van der Waals surface area (Å²) in [4.78, 5) is 13.9. The topological polar surface area (TPSA) is 52.6 Å². The zero-order valence-electron chi connectivity index (χ0n) is 13.0. The van der Waals surface area contributed by atoms with Gasteiger partial charge in [0.2, 0.25) is 0 Å². The average molecular weight is 290 g/mol. The molecule has 1 fully saturated rings. The van der Waals surface area contributed by atoms with Crippen molar-refractivity contribution in [3.63, 3.8) is 0 Å². The number of nitrogens with one attached hydrogen (secondary N) is 1. The molecule has 2 N–H and O–H groups in total. The molecule has 2 unspecified atom stereocenters. The van der Waals surface area contributed by atoms with Crippen LogP contribution in [0.1, 0.15) is 44.2 Å². The van der Waals surface area contributed by atoms with E-state index in [9.17, 15) is 9.90 Å². The summed E-state index contributed by atoms with van der Waals surface area (Å²) in [6, 6.07) is 9.90. The van der Waals surface area contributed by atoms with Gasteiger partial charge in [0.15, 0.2) is 0 Å². The minimum atomic E-state index is -0.176. The second kappa shape index (κ2) is 7.46. The number of aliphatic hydroxyl groups is 1. The summed E-state index contributed by atoms with van der Waals surface area (Å²) < 4.78 is 0. The molecule has 0 aromatic heterocycles. The van der Waals surface area contributed by atoms with Gasteiger partial charge < -0.3 is 15.3 Å². The third-order valence-electron chi connectivity index (χ3n) is 4.54. The van der Waals surface area contributed by atoms with Gasteiger partial charge in [0, 0.05) is 7.05 Å². The highest BCUT2D eigenvalue weighted by Gasteiger charge is 2.25. The summed E-state index contributed by atoms with van der Waals surface area (Å²) in [6.45, 7) is 1.81. The Morgan fingerprint density at radius 1 is 1.38 bits per heavy atom. The number of hydrogen-bond acceptors (Lipinski definition) is 2. The molecule has 4 nitrogen and oxygen atoms in total. The van der Waals surface area contributed by atoms with Crippen molar-refractivity contribution in [2.45, 2.75) is 44.7 Å². The third-order valence-corrected chi connectivity index (χ3v) is 4.54. The van der Waals surface area contributed by atoms with Crippen molar-refractivity contribution in [1.82, 2.24) is 10.2 Å². The van der Waals surface area contributed by atoms with Crippen molar-refractivity contribution in [3.8, 4) is 0 Å². The van der Waals surface area contributed by atoms with Gasteiger partial charge >= 0.3 is 6.03 Å². The number of carbonyl (C=O) groups is 1. The fourth-order valence-electron chi connectivity index (χ4n) is 2.60. The van der Waals surface area contributed by atoms with Gasteiger partial charge in [-0.3, -0.25) is 0 Å². The van der Waals surface area contributed by atoms with E-state index in [0.717, 1.165) is 17.9 Å². The molecule has 1 aliphatic rings. The summed E-state index contributed by atoms with van der Waals surface area (Å²) in [7, 11) is 1.72. The van der Waals surface area contributed by atoms with E-state index in [0.29, 0.717) is 0 Å². The van der Waals surface area contributed by atoms with Crippen molar-refractivity contribution >= 4 is 6.03 Å². The summed E-state index contributed by atoms with van der Waals surface area (Å²) in [5, 5.41) is 12.3. The number of aliphatic hydroxyl groups excluding tert-OH is 1. The van der Waals surface area contributed by atoms with Gasteiger partial charge in [-0.05, 0) is 24.8 Å². The fourth-order valence-corrected chi connectivity index (χ4v) is 2.60. The fraction of sp³-hybridized carbons (Fsp3) is 0.588. The van der Waals surface area contributed by atoms with Crippen molar-refractivity contribution in [3.05, 3.63) is 35.9 Å². The minimum Gasteiger partial charge on any atom is -0.394 e. The molecule has 1 saturated carbocycles. The van der Waals surface area contributed by atoms with Gasteiger partial charge in [0.25, 0.3) is 0 Å². The van der Waals surface area contributed by atoms with E-state index >= 15 is 0 Å². The lowest BCUT2D eigenvalue weighted by Gasteiger charge is -2.32. The second-order valence-corrected chi connectivity index (χ2v) is 6.09. The Balaban J connectivity index is 2.03. The molecule has 0 saturated heterocycles. The molecule has 4 heteroatoms. The molecule has 116 valence electrons. The van der Waals surface area contributed by atoms with E-state index in [1.54, 1.807) is 11.9 Å². The molecular weight excluding hydrogens is 264 g/mol. The zero-order valence-corrected chi connectivity index (χ0v) is 13.0. The Kier molecular flexibility index (Phi) is 5.62. The van der Waals surface area contributed by atoms with Crippen LogP contribution >= 0.6 is 0 Å². The first-order valence-corrected chi connectivity index (χ1v) is 7.81. The number of benzene rings is 1. The number of urea groups is 1. The molecular formula is C17H26N2O2. The molecule has 21 heavy (non-hydrogen) atoms. The Hall–Kier alpha value is -1.55. The Labute approximate surface area is 127 Å². The van der Waals surface area contributed by atoms with Crippen LogP contribution in [0.15, 0.2) is 30.3 Å². The zero-order chi connectivity index (χ0) is 15.2. The van der Waals surface area contributed by atoms with Gasteiger partial charge in [-0.1, -0.05) is 49.6 Å². The van der Waals surface area contributed by atoms with Crippen LogP contribution in [0.4, 0.5) is 4.79 Å². The van der Waals surface area contributed by atoms with E-state index in [1.165, 1.54) is 19.3 Å². The maximum atomic E-state index is 12.3. The van der Waals surface area contributed by atoms with E-state index in [-0.39, 0.29) is 24.7 Å². The predicted molar refractivity (Wildman–Crippen MR) is 84.0 cm³/mol. The number of amides is 2. The average Bonchev–Trinajstić information content (AvgIpc) is 2.48. The molecule has 0 heterocycles. The first-order valence-electron chi connectivity index (χ1n) is 7.81. The van der Waals surface area contributed by atoms with E-state index < -0.39 is 0 Å². The summed E-state index contributed by atoms with van der Waals surface area (Å²) in [5.74, 6) is 0.719. The van der Waals surface area contributed by atoms with Crippen LogP contribution in [0, 0.1) is 5.92 Å². The lowest BCUT2D eigenvalue weighted by Crippen LogP contribution is -2.45. The number of hydrogen-bond donors (Lipinski definition) is 2. The van der Waals surface area contributed by atoms with Crippen molar-refractivity contribution in [2.75, 3.05) is 13.7 Å². The number of likely N-dealkylation sites (N-methyl/N-ethyl adjacent to an activating group) is 1. The minimum absolute atomic E-state index is 0.0252. The maximum Gasteiger partial charge on any atom is 0.317 e. The van der Waals surface area contributed by atoms with Crippen molar-refractivity contribution < 1.29 is 9.90 Å². The molecule has 0 spiro atoms. The van der Waals surface area contributed by atoms with Crippen LogP contribution in [0.2, 0.25) is 0 Å². The molecule has 0 aliphatic heterocycles. The van der Waals surface area contributed by atoms with Crippen LogP contribution in [-0.4, -0.2) is 35.7 Å². The Morgan fingerprint density at radius 2 is 2.05 bits per heavy atom. The lowest BCUT2D eigenvalue weighted by molar-refractivity contribution is 0.152. The molecule has 2 amide bonds. The SMILES string of the molecule is CC(CO)N(C)C(=O)NC(CC1CCC1)c1ccccc1. The highest BCUT2D eigenvalue weighted by Crippen LogP contribution is 2.34. The van der Waals surface area contributed by atoms with E-state index in [2.05, 4.69) is 17.4 Å². The normalized spacial score (nSPS) is 17.7. The van der Waals surface area contributed by atoms with Gasteiger partial charge in [0.05, 0.1) is 18.7 Å². The molecule has 0 radical (unpaired) electrons. The monoisotopic (exact) mass is 290 g/mol. The molecule has 2 atom stereocenters. The lowest BCUT2D eigenvalue weighted by atomic mass is 9.79. The van der Waals surface area contributed by atoms with Crippen molar-refractivity contribution in [1.29, 1.82) is 0 Å². The molecule has 1 aromatic rings. The van der Waals surface area contributed by atoms with Gasteiger partial charge in [0.1, 0.15) is 0 Å². The van der Waals surface area contributed by atoms with Crippen LogP contribution in [-0.2, 0) is 0 Å². The summed E-state index contributed by atoms with van der Waals surface area (Å²) in [6.07, 6.45) is 4.84. The third kappa shape index (κ3) is 4.21. The van der Waals surface area contributed by atoms with Crippen molar-refractivity contribution in [2.24, 2.45) is 5.92 Å². The summed E-state index contributed by atoms with van der Waals surface area (Å²) in [5.41, 5.74) is 1.16. The second-order valence-electron chi connectivity index (χ2n) is 6.09. The quantitative estimate of drug-likeness (QED) is 0.846. The molecule has 2 rings (SSSR count). The first kappa shape index (κ1) is 15.8. The highest BCUT2D eigenvalue weighted by atomic mass is 16.3. The maximum absolute atomic E-state index is 12.3. The molecule has 1 aromatic carbocycles. The van der Waals surface area contributed by atoms with Crippen LogP contribution in [0.5, 0.6) is 0 Å². The van der Waals surface area contributed by atoms with Gasteiger partial charge in [-0.2, -0.15) is 0 Å².